The first-order chi connectivity index (χ1) is 4.22. The molecule has 0 aliphatic carbocycles. The molecular weight excluding hydrogens is 118 g/mol. The van der Waals surface area contributed by atoms with Gasteiger partial charge in [0.15, 0.2) is 0 Å². The van der Waals surface area contributed by atoms with Crippen LogP contribution in [0.5, 0.6) is 0 Å². The van der Waals surface area contributed by atoms with E-state index in [0.29, 0.717) is 0 Å². The average molecular weight is 133 g/mol. The molecule has 0 unspecified atom stereocenters. The van der Waals surface area contributed by atoms with E-state index in [1.807, 2.05) is 6.92 Å². The van der Waals surface area contributed by atoms with Gasteiger partial charge in [-0.25, -0.2) is 0 Å². The van der Waals surface area contributed by atoms with Crippen molar-refractivity contribution in [3.05, 3.63) is 0 Å². The molecule has 0 aliphatic heterocycles. The first kappa shape index (κ1) is 8.88. The van der Waals surface area contributed by atoms with E-state index in [2.05, 4.69) is 5.32 Å². The molecule has 0 amide bonds. The molecule has 0 aromatic rings. The van der Waals surface area contributed by atoms with Crippen molar-refractivity contribution >= 4 is 0 Å². The van der Waals surface area contributed by atoms with Gasteiger partial charge in [-0.15, -0.1) is 0 Å². The van der Waals surface area contributed by atoms with Gasteiger partial charge in [0.2, 0.25) is 0 Å². The highest BCUT2D eigenvalue weighted by Crippen LogP contribution is 1.89. The number of aliphatic hydroxyl groups excluding tert-OH is 2. The lowest BCUT2D eigenvalue weighted by atomic mass is 10.2. The largest absolute Gasteiger partial charge is 0.395 e. The van der Waals surface area contributed by atoms with Crippen molar-refractivity contribution in [3.8, 4) is 0 Å². The summed E-state index contributed by atoms with van der Waals surface area (Å²) < 4.78 is 0. The molecule has 56 valence electrons. The van der Waals surface area contributed by atoms with Crippen LogP contribution in [0.1, 0.15) is 13.8 Å². The second-order valence-electron chi connectivity index (χ2n) is 2.09. The highest BCUT2D eigenvalue weighted by molar-refractivity contribution is 4.69. The molecule has 0 fully saturated rings. The molecule has 0 radical (unpaired) electrons. The fraction of sp³-hybridized carbons (Fsp3) is 1.00. The number of nitrogens with one attached hydrogen (secondary N) is 1. The summed E-state index contributed by atoms with van der Waals surface area (Å²) in [7, 11) is 0. The molecular formula is C6H15NO2. The molecule has 0 aromatic carbocycles. The number of rotatable bonds is 4. The second-order valence-corrected chi connectivity index (χ2v) is 2.09. The van der Waals surface area contributed by atoms with Crippen LogP contribution in [0.2, 0.25) is 0 Å². The molecule has 0 spiro atoms. The van der Waals surface area contributed by atoms with E-state index in [0.717, 1.165) is 6.54 Å². The van der Waals surface area contributed by atoms with Crippen LogP contribution in [0.25, 0.3) is 0 Å². The van der Waals surface area contributed by atoms with Crippen molar-refractivity contribution in [1.82, 2.24) is 5.32 Å². The minimum absolute atomic E-state index is 0.00843. The lowest BCUT2D eigenvalue weighted by molar-refractivity contribution is 0.105. The zero-order chi connectivity index (χ0) is 7.28. The monoisotopic (exact) mass is 133 g/mol. The lowest BCUT2D eigenvalue weighted by Crippen LogP contribution is -2.40. The van der Waals surface area contributed by atoms with Crippen LogP contribution in [-0.2, 0) is 0 Å². The van der Waals surface area contributed by atoms with Crippen molar-refractivity contribution < 1.29 is 10.2 Å². The van der Waals surface area contributed by atoms with Gasteiger partial charge in [-0.1, -0.05) is 6.92 Å². The van der Waals surface area contributed by atoms with Crippen molar-refractivity contribution in [2.24, 2.45) is 0 Å². The molecule has 0 saturated heterocycles. The third-order valence-corrected chi connectivity index (χ3v) is 1.25. The van der Waals surface area contributed by atoms with E-state index in [9.17, 15) is 0 Å². The molecule has 3 nitrogen and oxygen atoms in total. The normalized spacial score (nSPS) is 17.3. The van der Waals surface area contributed by atoms with E-state index < -0.39 is 6.10 Å². The first-order valence-corrected chi connectivity index (χ1v) is 3.24. The number of hydrogen-bond donors (Lipinski definition) is 3. The van der Waals surface area contributed by atoms with Crippen LogP contribution >= 0.6 is 0 Å². The molecule has 0 rings (SSSR count). The van der Waals surface area contributed by atoms with Crippen LogP contribution in [0.15, 0.2) is 0 Å². The highest BCUT2D eigenvalue weighted by Gasteiger charge is 2.10. The third-order valence-electron chi connectivity index (χ3n) is 1.25. The summed E-state index contributed by atoms with van der Waals surface area (Å²) in [6, 6.07) is -0.171. The van der Waals surface area contributed by atoms with E-state index in [4.69, 9.17) is 10.2 Å². The molecule has 0 saturated carbocycles. The number of aliphatic hydroxyl groups is 2. The Balaban J connectivity index is 3.41. The van der Waals surface area contributed by atoms with Crippen molar-refractivity contribution in [2.45, 2.75) is 26.0 Å². The van der Waals surface area contributed by atoms with Gasteiger partial charge >= 0.3 is 0 Å². The van der Waals surface area contributed by atoms with Crippen LogP contribution in [0.3, 0.4) is 0 Å². The Morgan fingerprint density at radius 1 is 1.56 bits per heavy atom. The zero-order valence-corrected chi connectivity index (χ0v) is 5.96. The summed E-state index contributed by atoms with van der Waals surface area (Å²) >= 11 is 0. The van der Waals surface area contributed by atoms with Gasteiger partial charge in [0, 0.05) is 0 Å². The number of likely N-dealkylation sites (N-methyl/N-ethyl adjacent to an activating group) is 1. The van der Waals surface area contributed by atoms with E-state index in [1.54, 1.807) is 6.92 Å². The van der Waals surface area contributed by atoms with E-state index in [-0.39, 0.29) is 12.6 Å². The van der Waals surface area contributed by atoms with Gasteiger partial charge < -0.3 is 15.5 Å². The Hall–Kier alpha value is -0.120. The molecule has 0 aromatic heterocycles. The Kier molecular flexibility index (Phi) is 4.67. The zero-order valence-electron chi connectivity index (χ0n) is 5.96. The summed E-state index contributed by atoms with van der Waals surface area (Å²) in [6.45, 7) is 4.36. The third kappa shape index (κ3) is 3.46. The summed E-state index contributed by atoms with van der Waals surface area (Å²) in [5, 5.41) is 20.5. The minimum atomic E-state index is -0.477. The number of hydrogen-bond acceptors (Lipinski definition) is 3. The standard InChI is InChI=1S/C6H15NO2/c1-3-7-6(4-8)5(2)9/h5-9H,3-4H2,1-2H3/t5-,6-/m1/s1. The SMILES string of the molecule is CCN[C@H](CO)[C@@H](C)O. The fourth-order valence-corrected chi connectivity index (χ4v) is 0.650. The fourth-order valence-electron chi connectivity index (χ4n) is 0.650. The predicted octanol–water partition coefficient (Wildman–Crippen LogP) is -0.662. The molecule has 3 N–H and O–H groups in total. The van der Waals surface area contributed by atoms with E-state index >= 15 is 0 Å². The Morgan fingerprint density at radius 2 is 2.11 bits per heavy atom. The Labute approximate surface area is 55.7 Å². The highest BCUT2D eigenvalue weighted by atomic mass is 16.3. The van der Waals surface area contributed by atoms with Gasteiger partial charge in [0.25, 0.3) is 0 Å². The molecule has 0 aliphatic rings. The van der Waals surface area contributed by atoms with Crippen LogP contribution < -0.4 is 5.32 Å². The summed E-state index contributed by atoms with van der Waals surface area (Å²) in [5.41, 5.74) is 0. The van der Waals surface area contributed by atoms with Gasteiger partial charge in [-0.2, -0.15) is 0 Å². The maximum atomic E-state index is 8.92. The Morgan fingerprint density at radius 3 is 2.22 bits per heavy atom. The average Bonchev–Trinajstić information content (AvgIpc) is 1.82. The summed E-state index contributed by atoms with van der Waals surface area (Å²) in [4.78, 5) is 0. The van der Waals surface area contributed by atoms with Crippen molar-refractivity contribution in [1.29, 1.82) is 0 Å². The molecule has 2 atom stereocenters. The van der Waals surface area contributed by atoms with Gasteiger partial charge in [0.05, 0.1) is 18.8 Å². The smallest absolute Gasteiger partial charge is 0.0687 e. The van der Waals surface area contributed by atoms with Crippen LogP contribution in [0, 0.1) is 0 Å². The maximum Gasteiger partial charge on any atom is 0.0687 e. The predicted molar refractivity (Wildman–Crippen MR) is 36.2 cm³/mol. The quantitative estimate of drug-likeness (QED) is 0.477. The van der Waals surface area contributed by atoms with Crippen LogP contribution in [0.4, 0.5) is 0 Å². The maximum absolute atomic E-state index is 8.92. The minimum Gasteiger partial charge on any atom is -0.395 e. The van der Waals surface area contributed by atoms with Crippen molar-refractivity contribution in [3.63, 3.8) is 0 Å². The van der Waals surface area contributed by atoms with Gasteiger partial charge in [-0.05, 0) is 13.5 Å². The molecule has 0 bridgehead atoms. The molecule has 3 heteroatoms. The van der Waals surface area contributed by atoms with Gasteiger partial charge in [0.1, 0.15) is 0 Å². The van der Waals surface area contributed by atoms with Crippen LogP contribution in [-0.4, -0.2) is 35.5 Å². The summed E-state index contributed by atoms with van der Waals surface area (Å²) in [5.74, 6) is 0. The molecule has 0 heterocycles. The van der Waals surface area contributed by atoms with Gasteiger partial charge in [-0.3, -0.25) is 0 Å². The summed E-state index contributed by atoms with van der Waals surface area (Å²) in [6.07, 6.45) is -0.477. The van der Waals surface area contributed by atoms with Crippen molar-refractivity contribution in [2.75, 3.05) is 13.2 Å². The first-order valence-electron chi connectivity index (χ1n) is 3.24. The topological polar surface area (TPSA) is 52.5 Å². The molecule has 9 heavy (non-hydrogen) atoms. The Bertz CT molecular complexity index is 66.1. The second kappa shape index (κ2) is 4.73. The lowest BCUT2D eigenvalue weighted by Gasteiger charge is -2.17. The van der Waals surface area contributed by atoms with E-state index in [1.165, 1.54) is 0 Å².